The number of aryl methyl sites for hydroxylation is 1. The first-order valence-corrected chi connectivity index (χ1v) is 11.5. The summed E-state index contributed by atoms with van der Waals surface area (Å²) in [6.07, 6.45) is 0.710. The lowest BCUT2D eigenvalue weighted by molar-refractivity contribution is -0.384. The Kier molecular flexibility index (Phi) is 6.47. The second-order valence-corrected chi connectivity index (χ2v) is 8.80. The van der Waals surface area contributed by atoms with Crippen molar-refractivity contribution in [3.05, 3.63) is 74.7 Å². The number of carbonyl (C=O) groups is 1. The fourth-order valence-corrected chi connectivity index (χ4v) is 4.99. The Morgan fingerprint density at radius 1 is 1.25 bits per heavy atom. The number of nitrogens with one attached hydrogen (secondary N) is 1. The molecule has 1 N–H and O–H groups in total. The van der Waals surface area contributed by atoms with Gasteiger partial charge < -0.3 is 10.1 Å². The SMILES string of the molecule is COc1ccc(-n2c(SCC(=O)Nc3ccc([N+](=O)[O-])cc3)nc3c(c2=O)SCC3)cc1. The molecule has 2 heterocycles. The van der Waals surface area contributed by atoms with Gasteiger partial charge in [-0.2, -0.15) is 0 Å². The molecule has 1 aliphatic heterocycles. The average molecular weight is 471 g/mol. The molecule has 0 bridgehead atoms. The maximum absolute atomic E-state index is 13.2. The first-order chi connectivity index (χ1) is 15.5. The third-order valence-corrected chi connectivity index (χ3v) is 6.74. The Morgan fingerprint density at radius 2 is 1.97 bits per heavy atom. The van der Waals surface area contributed by atoms with E-state index in [0.29, 0.717) is 33.6 Å². The summed E-state index contributed by atoms with van der Waals surface area (Å²) in [6.45, 7) is 0. The van der Waals surface area contributed by atoms with Crippen LogP contribution in [0.25, 0.3) is 5.69 Å². The second-order valence-electron chi connectivity index (χ2n) is 6.75. The van der Waals surface area contributed by atoms with Crippen LogP contribution in [0.1, 0.15) is 5.69 Å². The number of aromatic nitrogens is 2. The molecular weight excluding hydrogens is 452 g/mol. The number of hydrogen-bond acceptors (Lipinski definition) is 8. The molecule has 0 unspecified atom stereocenters. The Labute approximate surface area is 191 Å². The van der Waals surface area contributed by atoms with Gasteiger partial charge in [0.1, 0.15) is 5.75 Å². The van der Waals surface area contributed by atoms with Crippen molar-refractivity contribution in [3.63, 3.8) is 0 Å². The molecule has 2 aromatic carbocycles. The quantitative estimate of drug-likeness (QED) is 0.241. The Hall–Kier alpha value is -3.31. The number of carbonyl (C=O) groups excluding carboxylic acids is 1. The van der Waals surface area contributed by atoms with Crippen LogP contribution in [0.15, 0.2) is 63.4 Å². The van der Waals surface area contributed by atoms with Crippen molar-refractivity contribution in [2.24, 2.45) is 0 Å². The molecule has 164 valence electrons. The lowest BCUT2D eigenvalue weighted by Crippen LogP contribution is -2.24. The standard InChI is InChI=1S/C21H18N4O5S2/c1-30-16-8-6-14(7-9-16)24-20(27)19-17(10-11-31-19)23-21(24)32-12-18(26)22-13-2-4-15(5-3-13)25(28)29/h2-9H,10-12H2,1H3,(H,22,26). The predicted molar refractivity (Wildman–Crippen MR) is 123 cm³/mol. The van der Waals surface area contributed by atoms with Crippen LogP contribution >= 0.6 is 23.5 Å². The van der Waals surface area contributed by atoms with Crippen molar-refractivity contribution in [2.45, 2.75) is 16.5 Å². The Bertz CT molecular complexity index is 1230. The molecular formula is C21H18N4O5S2. The van der Waals surface area contributed by atoms with Crippen LogP contribution in [0.3, 0.4) is 0 Å². The fourth-order valence-electron chi connectivity index (χ4n) is 3.14. The van der Waals surface area contributed by atoms with Crippen molar-refractivity contribution >= 4 is 40.8 Å². The van der Waals surface area contributed by atoms with Gasteiger partial charge in [-0.15, -0.1) is 11.8 Å². The molecule has 4 rings (SSSR count). The maximum Gasteiger partial charge on any atom is 0.272 e. The summed E-state index contributed by atoms with van der Waals surface area (Å²) < 4.78 is 6.71. The molecule has 0 spiro atoms. The summed E-state index contributed by atoms with van der Waals surface area (Å²) in [5.41, 5.74) is 1.63. The highest BCUT2D eigenvalue weighted by Gasteiger charge is 2.23. The van der Waals surface area contributed by atoms with Crippen molar-refractivity contribution in [3.8, 4) is 11.4 Å². The summed E-state index contributed by atoms with van der Waals surface area (Å²) in [7, 11) is 1.57. The first-order valence-electron chi connectivity index (χ1n) is 9.56. The van der Waals surface area contributed by atoms with E-state index >= 15 is 0 Å². The normalized spacial score (nSPS) is 12.3. The summed E-state index contributed by atoms with van der Waals surface area (Å²) in [4.78, 5) is 41.2. The molecule has 1 amide bonds. The van der Waals surface area contributed by atoms with Gasteiger partial charge in [-0.3, -0.25) is 24.3 Å². The van der Waals surface area contributed by atoms with E-state index in [1.165, 1.54) is 40.6 Å². The van der Waals surface area contributed by atoms with E-state index < -0.39 is 4.92 Å². The zero-order valence-electron chi connectivity index (χ0n) is 16.9. The summed E-state index contributed by atoms with van der Waals surface area (Å²) in [6, 6.07) is 12.7. The van der Waals surface area contributed by atoms with Crippen LogP contribution in [0, 0.1) is 10.1 Å². The minimum absolute atomic E-state index is 0.0194. The van der Waals surface area contributed by atoms with Gasteiger partial charge in [0.15, 0.2) is 5.16 Å². The van der Waals surface area contributed by atoms with E-state index in [2.05, 4.69) is 10.3 Å². The zero-order chi connectivity index (χ0) is 22.7. The Morgan fingerprint density at radius 3 is 2.62 bits per heavy atom. The van der Waals surface area contributed by atoms with E-state index in [-0.39, 0.29) is 22.9 Å². The van der Waals surface area contributed by atoms with Gasteiger partial charge in [-0.25, -0.2) is 4.98 Å². The smallest absolute Gasteiger partial charge is 0.272 e. The summed E-state index contributed by atoms with van der Waals surface area (Å²) in [5.74, 6) is 1.18. The number of nitro benzene ring substituents is 1. The minimum Gasteiger partial charge on any atom is -0.497 e. The highest BCUT2D eigenvalue weighted by molar-refractivity contribution is 8.00. The van der Waals surface area contributed by atoms with Gasteiger partial charge in [-0.1, -0.05) is 11.8 Å². The lowest BCUT2D eigenvalue weighted by Gasteiger charge is -2.14. The van der Waals surface area contributed by atoms with E-state index in [9.17, 15) is 19.7 Å². The van der Waals surface area contributed by atoms with Crippen LogP contribution in [0.4, 0.5) is 11.4 Å². The zero-order valence-corrected chi connectivity index (χ0v) is 18.6. The van der Waals surface area contributed by atoms with Crippen molar-refractivity contribution in [1.29, 1.82) is 0 Å². The number of anilines is 1. The number of rotatable bonds is 7. The number of thioether (sulfide) groups is 2. The fraction of sp³-hybridized carbons (Fsp3) is 0.190. The molecule has 11 heteroatoms. The number of ether oxygens (including phenoxy) is 1. The van der Waals surface area contributed by atoms with E-state index in [4.69, 9.17) is 4.74 Å². The largest absolute Gasteiger partial charge is 0.497 e. The highest BCUT2D eigenvalue weighted by Crippen LogP contribution is 2.30. The van der Waals surface area contributed by atoms with Crippen molar-refractivity contribution in [1.82, 2.24) is 9.55 Å². The Balaban J connectivity index is 1.56. The number of nitro groups is 1. The third kappa shape index (κ3) is 4.63. The van der Waals surface area contributed by atoms with Gasteiger partial charge in [0.05, 0.1) is 34.1 Å². The van der Waals surface area contributed by atoms with Gasteiger partial charge >= 0.3 is 0 Å². The van der Waals surface area contributed by atoms with Gasteiger partial charge in [0.2, 0.25) is 5.91 Å². The predicted octanol–water partition coefficient (Wildman–Crippen LogP) is 3.53. The third-order valence-electron chi connectivity index (χ3n) is 4.69. The number of fused-ring (bicyclic) bond motifs is 1. The van der Waals surface area contributed by atoms with Crippen LogP contribution in [0.2, 0.25) is 0 Å². The summed E-state index contributed by atoms with van der Waals surface area (Å²) in [5, 5.41) is 13.9. The van der Waals surface area contributed by atoms with E-state index in [0.717, 1.165) is 23.2 Å². The monoisotopic (exact) mass is 470 g/mol. The van der Waals surface area contributed by atoms with Crippen LogP contribution in [-0.4, -0.2) is 39.0 Å². The minimum atomic E-state index is -0.502. The maximum atomic E-state index is 13.2. The molecule has 1 aromatic heterocycles. The van der Waals surface area contributed by atoms with Gasteiger partial charge in [0, 0.05) is 30.0 Å². The second kappa shape index (κ2) is 9.45. The molecule has 9 nitrogen and oxygen atoms in total. The van der Waals surface area contributed by atoms with Crippen LogP contribution in [0.5, 0.6) is 5.75 Å². The molecule has 0 atom stereocenters. The number of amides is 1. The molecule has 0 saturated heterocycles. The molecule has 0 aliphatic carbocycles. The lowest BCUT2D eigenvalue weighted by atomic mass is 10.3. The topological polar surface area (TPSA) is 116 Å². The molecule has 1 aliphatic rings. The number of nitrogens with zero attached hydrogens (tertiary/aromatic N) is 3. The first kappa shape index (κ1) is 21.9. The average Bonchev–Trinajstić information content (AvgIpc) is 3.27. The number of benzene rings is 2. The van der Waals surface area contributed by atoms with Crippen LogP contribution < -0.4 is 15.6 Å². The molecule has 0 radical (unpaired) electrons. The number of hydrogen-bond donors (Lipinski definition) is 1. The molecule has 32 heavy (non-hydrogen) atoms. The molecule has 0 fully saturated rings. The summed E-state index contributed by atoms with van der Waals surface area (Å²) >= 11 is 2.65. The van der Waals surface area contributed by atoms with Crippen molar-refractivity contribution < 1.29 is 14.5 Å². The molecule has 3 aromatic rings. The number of methoxy groups -OCH3 is 1. The van der Waals surface area contributed by atoms with E-state index in [1.807, 2.05) is 0 Å². The van der Waals surface area contributed by atoms with Gasteiger partial charge in [0.25, 0.3) is 11.2 Å². The van der Waals surface area contributed by atoms with E-state index in [1.54, 1.807) is 31.4 Å². The highest BCUT2D eigenvalue weighted by atomic mass is 32.2. The van der Waals surface area contributed by atoms with Crippen molar-refractivity contribution in [2.75, 3.05) is 23.9 Å². The number of non-ortho nitro benzene ring substituents is 1. The molecule has 0 saturated carbocycles. The van der Waals surface area contributed by atoms with Crippen LogP contribution in [-0.2, 0) is 11.2 Å². The van der Waals surface area contributed by atoms with Gasteiger partial charge in [-0.05, 0) is 36.4 Å².